The van der Waals surface area contributed by atoms with Gasteiger partial charge >= 0.3 is 6.09 Å². The summed E-state index contributed by atoms with van der Waals surface area (Å²) in [5.74, 6) is 0.0594. The molecule has 22 heavy (non-hydrogen) atoms. The third-order valence-electron chi connectivity index (χ3n) is 3.46. The fourth-order valence-corrected chi connectivity index (χ4v) is 2.34. The lowest BCUT2D eigenvalue weighted by Gasteiger charge is -2.35. The summed E-state index contributed by atoms with van der Waals surface area (Å²) in [6.45, 7) is 10.3. The molecule has 1 atom stereocenters. The van der Waals surface area contributed by atoms with Crippen molar-refractivity contribution in [1.29, 1.82) is 0 Å². The minimum atomic E-state index is -0.562. The van der Waals surface area contributed by atoms with E-state index in [1.165, 1.54) is 4.90 Å². The number of unbranched alkanes of at least 4 members (excludes halogenated alkanes) is 3. The van der Waals surface area contributed by atoms with Crippen LogP contribution in [-0.2, 0) is 14.3 Å². The number of Topliss-reactive ketones (excluding diaryl/α,β-unsaturated/α-hetero) is 1. The molecule has 1 fully saturated rings. The highest BCUT2D eigenvalue weighted by Crippen LogP contribution is 2.17. The second-order valence-electron chi connectivity index (χ2n) is 6.62. The number of morpholine rings is 1. The van der Waals surface area contributed by atoms with Crippen LogP contribution >= 0.6 is 0 Å². The van der Waals surface area contributed by atoms with E-state index in [0.717, 1.165) is 25.7 Å². The highest BCUT2D eigenvalue weighted by atomic mass is 16.6. The third kappa shape index (κ3) is 6.60. The molecule has 0 aromatic rings. The van der Waals surface area contributed by atoms with Crippen molar-refractivity contribution in [1.82, 2.24) is 4.90 Å². The van der Waals surface area contributed by atoms with Crippen molar-refractivity contribution < 1.29 is 19.1 Å². The smallest absolute Gasteiger partial charge is 0.411 e. The van der Waals surface area contributed by atoms with E-state index >= 15 is 0 Å². The van der Waals surface area contributed by atoms with Crippen molar-refractivity contribution in [2.24, 2.45) is 0 Å². The van der Waals surface area contributed by atoms with Crippen molar-refractivity contribution in [3.8, 4) is 0 Å². The van der Waals surface area contributed by atoms with Crippen LogP contribution in [0.2, 0.25) is 0 Å². The number of amides is 1. The maximum atomic E-state index is 12.4. The molecule has 0 bridgehead atoms. The molecule has 1 rings (SSSR count). The van der Waals surface area contributed by atoms with Crippen LogP contribution in [0, 0.1) is 0 Å². The van der Waals surface area contributed by atoms with Gasteiger partial charge in [0.1, 0.15) is 11.6 Å². The quantitative estimate of drug-likeness (QED) is 0.534. The number of hydrogen-bond donors (Lipinski definition) is 0. The van der Waals surface area contributed by atoms with E-state index in [2.05, 4.69) is 6.58 Å². The number of carbonyl (C=O) groups excluding carboxylic acids is 2. The summed E-state index contributed by atoms with van der Waals surface area (Å²) >= 11 is 0. The first-order valence-corrected chi connectivity index (χ1v) is 8.06. The lowest BCUT2D eigenvalue weighted by molar-refractivity contribution is -0.130. The Morgan fingerprint density at radius 2 is 2.05 bits per heavy atom. The Morgan fingerprint density at radius 1 is 1.32 bits per heavy atom. The molecular weight excluding hydrogens is 282 g/mol. The predicted octanol–water partition coefficient (Wildman–Crippen LogP) is 3.33. The van der Waals surface area contributed by atoms with E-state index < -0.39 is 17.7 Å². The Hall–Kier alpha value is -1.36. The molecule has 1 amide bonds. The van der Waals surface area contributed by atoms with Gasteiger partial charge in [-0.3, -0.25) is 9.69 Å². The Labute approximate surface area is 133 Å². The molecule has 1 heterocycles. The third-order valence-corrected chi connectivity index (χ3v) is 3.46. The van der Waals surface area contributed by atoms with Gasteiger partial charge in [0.15, 0.2) is 5.78 Å². The molecule has 0 saturated carbocycles. The van der Waals surface area contributed by atoms with Gasteiger partial charge in [0.25, 0.3) is 0 Å². The standard InChI is InChI=1S/C17H29NO4/c1-5-6-7-8-9-10-15(19)14-13-21-12-11-18(14)16(20)22-17(2,3)4/h5,14H,1,6-13H2,2-4H3. The van der Waals surface area contributed by atoms with E-state index in [0.29, 0.717) is 19.6 Å². The lowest BCUT2D eigenvalue weighted by Crippen LogP contribution is -2.53. The van der Waals surface area contributed by atoms with Crippen molar-refractivity contribution in [2.45, 2.75) is 64.5 Å². The molecule has 126 valence electrons. The van der Waals surface area contributed by atoms with Gasteiger partial charge in [-0.25, -0.2) is 4.79 Å². The summed E-state index contributed by atoms with van der Waals surface area (Å²) in [5.41, 5.74) is -0.562. The number of ether oxygens (including phenoxy) is 2. The van der Waals surface area contributed by atoms with Crippen LogP contribution in [0.1, 0.15) is 52.9 Å². The second kappa shape index (κ2) is 8.93. The summed E-state index contributed by atoms with van der Waals surface area (Å²) in [6, 6.07) is -0.511. The lowest BCUT2D eigenvalue weighted by atomic mass is 10.0. The summed E-state index contributed by atoms with van der Waals surface area (Å²) in [4.78, 5) is 26.1. The first-order chi connectivity index (χ1) is 10.3. The average Bonchev–Trinajstić information content (AvgIpc) is 2.45. The van der Waals surface area contributed by atoms with Crippen LogP contribution in [0.5, 0.6) is 0 Å². The van der Waals surface area contributed by atoms with Crippen LogP contribution in [0.25, 0.3) is 0 Å². The molecule has 0 aliphatic carbocycles. The summed E-state index contributed by atoms with van der Waals surface area (Å²) in [5, 5.41) is 0. The largest absolute Gasteiger partial charge is 0.444 e. The molecule has 0 radical (unpaired) electrons. The monoisotopic (exact) mass is 311 g/mol. The minimum Gasteiger partial charge on any atom is -0.444 e. The van der Waals surface area contributed by atoms with Crippen molar-refractivity contribution in [3.05, 3.63) is 12.7 Å². The fourth-order valence-electron chi connectivity index (χ4n) is 2.34. The predicted molar refractivity (Wildman–Crippen MR) is 85.8 cm³/mol. The van der Waals surface area contributed by atoms with Crippen LogP contribution in [0.15, 0.2) is 12.7 Å². The molecule has 1 aliphatic rings. The molecule has 0 N–H and O–H groups in total. The molecule has 0 spiro atoms. The van der Waals surface area contributed by atoms with Gasteiger partial charge in [0.2, 0.25) is 0 Å². The first-order valence-electron chi connectivity index (χ1n) is 8.06. The van der Waals surface area contributed by atoms with Gasteiger partial charge in [-0.15, -0.1) is 6.58 Å². The molecular formula is C17H29NO4. The molecule has 5 heteroatoms. The van der Waals surface area contributed by atoms with Gasteiger partial charge in [-0.2, -0.15) is 0 Å². The summed E-state index contributed by atoms with van der Waals surface area (Å²) in [7, 11) is 0. The van der Waals surface area contributed by atoms with Gasteiger partial charge in [0.05, 0.1) is 13.2 Å². The Bertz CT molecular complexity index is 387. The Kier molecular flexibility index (Phi) is 7.59. The number of nitrogens with zero attached hydrogens (tertiary/aromatic N) is 1. The maximum Gasteiger partial charge on any atom is 0.411 e. The summed E-state index contributed by atoms with van der Waals surface area (Å²) < 4.78 is 10.8. The van der Waals surface area contributed by atoms with Crippen LogP contribution < -0.4 is 0 Å². The molecule has 1 unspecified atom stereocenters. The molecule has 1 saturated heterocycles. The van der Waals surface area contributed by atoms with Crippen LogP contribution in [-0.4, -0.2) is 48.2 Å². The van der Waals surface area contributed by atoms with Crippen molar-refractivity contribution >= 4 is 11.9 Å². The number of hydrogen-bond acceptors (Lipinski definition) is 4. The zero-order valence-electron chi connectivity index (χ0n) is 14.1. The molecule has 0 aromatic carbocycles. The zero-order valence-corrected chi connectivity index (χ0v) is 14.1. The SMILES string of the molecule is C=CCCCCCC(=O)C1COCCN1C(=O)OC(C)(C)C. The molecule has 1 aliphatic heterocycles. The van der Waals surface area contributed by atoms with E-state index in [-0.39, 0.29) is 12.4 Å². The maximum absolute atomic E-state index is 12.4. The first kappa shape index (κ1) is 18.7. The van der Waals surface area contributed by atoms with Crippen molar-refractivity contribution in [2.75, 3.05) is 19.8 Å². The highest BCUT2D eigenvalue weighted by molar-refractivity contribution is 5.87. The van der Waals surface area contributed by atoms with E-state index in [1.54, 1.807) is 0 Å². The Balaban J connectivity index is 2.51. The highest BCUT2D eigenvalue weighted by Gasteiger charge is 2.34. The van der Waals surface area contributed by atoms with Gasteiger partial charge in [-0.1, -0.05) is 12.5 Å². The summed E-state index contributed by atoms with van der Waals surface area (Å²) in [6.07, 6.45) is 5.80. The number of carbonyl (C=O) groups is 2. The second-order valence-corrected chi connectivity index (χ2v) is 6.62. The van der Waals surface area contributed by atoms with E-state index in [4.69, 9.17) is 9.47 Å². The number of ketones is 1. The average molecular weight is 311 g/mol. The topological polar surface area (TPSA) is 55.8 Å². The van der Waals surface area contributed by atoms with Crippen LogP contribution in [0.3, 0.4) is 0 Å². The normalized spacial score (nSPS) is 18.9. The van der Waals surface area contributed by atoms with Gasteiger partial charge in [0, 0.05) is 13.0 Å². The Morgan fingerprint density at radius 3 is 2.68 bits per heavy atom. The number of allylic oxidation sites excluding steroid dienone is 1. The van der Waals surface area contributed by atoms with Crippen molar-refractivity contribution in [3.63, 3.8) is 0 Å². The van der Waals surface area contributed by atoms with E-state index in [9.17, 15) is 9.59 Å². The van der Waals surface area contributed by atoms with E-state index in [1.807, 2.05) is 26.8 Å². The fraction of sp³-hybridized carbons (Fsp3) is 0.765. The van der Waals surface area contributed by atoms with Crippen LogP contribution in [0.4, 0.5) is 4.79 Å². The van der Waals surface area contributed by atoms with Gasteiger partial charge in [-0.05, 0) is 40.0 Å². The number of rotatable bonds is 7. The molecule has 5 nitrogen and oxygen atoms in total. The zero-order chi connectivity index (χ0) is 16.6. The molecule has 0 aromatic heterocycles. The minimum absolute atomic E-state index is 0.0594. The van der Waals surface area contributed by atoms with Gasteiger partial charge < -0.3 is 9.47 Å².